The van der Waals surface area contributed by atoms with E-state index in [4.69, 9.17) is 0 Å². The van der Waals surface area contributed by atoms with Crippen molar-refractivity contribution in [2.45, 2.75) is 19.5 Å². The quantitative estimate of drug-likeness (QED) is 0.773. The van der Waals surface area contributed by atoms with Crippen LogP contribution >= 0.6 is 0 Å². The Bertz CT molecular complexity index is 732. The third-order valence-corrected chi connectivity index (χ3v) is 3.71. The maximum Gasteiger partial charge on any atom is 0.123 e. The Kier molecular flexibility index (Phi) is 3.93. The molecule has 0 aliphatic carbocycles. The number of nitrogens with one attached hydrogen (secondary N) is 1. The summed E-state index contributed by atoms with van der Waals surface area (Å²) in [5, 5.41) is 4.64. The van der Waals surface area contributed by atoms with Crippen molar-refractivity contribution in [1.29, 1.82) is 0 Å². The van der Waals surface area contributed by atoms with Gasteiger partial charge in [0, 0.05) is 24.2 Å². The minimum absolute atomic E-state index is 0.164. The molecule has 3 rings (SSSR count). The van der Waals surface area contributed by atoms with Crippen molar-refractivity contribution in [2.75, 3.05) is 0 Å². The van der Waals surface area contributed by atoms with Gasteiger partial charge in [-0.2, -0.15) is 0 Å². The third-order valence-electron chi connectivity index (χ3n) is 3.71. The maximum atomic E-state index is 12.9. The lowest BCUT2D eigenvalue weighted by molar-refractivity contribution is 0.572. The van der Waals surface area contributed by atoms with Crippen molar-refractivity contribution in [1.82, 2.24) is 10.3 Å². The highest BCUT2D eigenvalue weighted by atomic mass is 19.1. The topological polar surface area (TPSA) is 24.9 Å². The van der Waals surface area contributed by atoms with E-state index in [2.05, 4.69) is 23.3 Å². The highest BCUT2D eigenvalue weighted by Gasteiger charge is 2.06. The number of hydrogen-bond donors (Lipinski definition) is 1. The second-order valence-corrected chi connectivity index (χ2v) is 5.14. The van der Waals surface area contributed by atoms with E-state index >= 15 is 0 Å². The van der Waals surface area contributed by atoms with Gasteiger partial charge in [0.1, 0.15) is 5.82 Å². The largest absolute Gasteiger partial charge is 0.306 e. The lowest BCUT2D eigenvalue weighted by atomic mass is 10.1. The van der Waals surface area contributed by atoms with E-state index in [0.29, 0.717) is 0 Å². The highest BCUT2D eigenvalue weighted by molar-refractivity contribution is 5.81. The minimum atomic E-state index is -0.203. The van der Waals surface area contributed by atoms with Gasteiger partial charge in [0.15, 0.2) is 0 Å². The molecule has 1 aromatic heterocycles. The third kappa shape index (κ3) is 3.09. The van der Waals surface area contributed by atoms with E-state index in [1.54, 1.807) is 0 Å². The van der Waals surface area contributed by atoms with Gasteiger partial charge in [-0.3, -0.25) is 4.98 Å². The first kappa shape index (κ1) is 13.7. The number of pyridine rings is 1. The van der Waals surface area contributed by atoms with Gasteiger partial charge in [0.25, 0.3) is 0 Å². The van der Waals surface area contributed by atoms with E-state index in [0.717, 1.165) is 17.6 Å². The smallest absolute Gasteiger partial charge is 0.123 e. The highest BCUT2D eigenvalue weighted by Crippen LogP contribution is 2.18. The Morgan fingerprint density at radius 3 is 2.62 bits per heavy atom. The summed E-state index contributed by atoms with van der Waals surface area (Å²) >= 11 is 0. The molecule has 2 aromatic carbocycles. The van der Waals surface area contributed by atoms with Crippen LogP contribution in [0.5, 0.6) is 0 Å². The summed E-state index contributed by atoms with van der Waals surface area (Å²) in [6, 6.07) is 16.9. The molecule has 0 amide bonds. The van der Waals surface area contributed by atoms with E-state index in [-0.39, 0.29) is 11.9 Å². The lowest BCUT2D eigenvalue weighted by Gasteiger charge is -2.15. The number of aromatic nitrogens is 1. The second kappa shape index (κ2) is 6.02. The average Bonchev–Trinajstić information content (AvgIpc) is 2.53. The molecule has 3 aromatic rings. The molecule has 0 saturated heterocycles. The van der Waals surface area contributed by atoms with Crippen molar-refractivity contribution in [2.24, 2.45) is 0 Å². The van der Waals surface area contributed by atoms with Crippen LogP contribution in [0.1, 0.15) is 24.1 Å². The summed E-state index contributed by atoms with van der Waals surface area (Å²) in [5.41, 5.74) is 3.30. The number of rotatable bonds is 4. The number of nitrogens with zero attached hydrogens (tertiary/aromatic N) is 1. The molecule has 0 radical (unpaired) electrons. The van der Waals surface area contributed by atoms with Crippen molar-refractivity contribution >= 4 is 10.9 Å². The van der Waals surface area contributed by atoms with E-state index < -0.39 is 0 Å². The molecule has 0 saturated carbocycles. The molecule has 1 heterocycles. The maximum absolute atomic E-state index is 12.9. The molecule has 0 aliphatic heterocycles. The van der Waals surface area contributed by atoms with Crippen LogP contribution < -0.4 is 5.32 Å². The van der Waals surface area contributed by atoms with Crippen LogP contribution in [0, 0.1) is 5.82 Å². The zero-order valence-electron chi connectivity index (χ0n) is 11.9. The fourth-order valence-corrected chi connectivity index (χ4v) is 2.44. The van der Waals surface area contributed by atoms with E-state index in [9.17, 15) is 4.39 Å². The van der Waals surface area contributed by atoms with Gasteiger partial charge in [-0.25, -0.2) is 4.39 Å². The SMILES string of the molecule is C[C@H](NCc1ccnc2ccccc12)c1ccc(F)cc1. The molecular formula is C18H17FN2. The van der Waals surface area contributed by atoms with Crippen molar-refractivity contribution in [3.63, 3.8) is 0 Å². The standard InChI is InChI=1S/C18H17FN2/c1-13(14-6-8-16(19)9-7-14)21-12-15-10-11-20-18-5-3-2-4-17(15)18/h2-11,13,21H,12H2,1H3/t13-/m0/s1. The monoisotopic (exact) mass is 280 g/mol. The van der Waals surface area contributed by atoms with Crippen LogP contribution in [0.3, 0.4) is 0 Å². The van der Waals surface area contributed by atoms with Gasteiger partial charge in [0.2, 0.25) is 0 Å². The molecule has 0 bridgehead atoms. The van der Waals surface area contributed by atoms with Gasteiger partial charge in [0.05, 0.1) is 5.52 Å². The summed E-state index contributed by atoms with van der Waals surface area (Å²) in [6.45, 7) is 2.83. The number of halogens is 1. The van der Waals surface area contributed by atoms with Crippen LogP contribution in [0.4, 0.5) is 4.39 Å². The molecule has 2 nitrogen and oxygen atoms in total. The van der Waals surface area contributed by atoms with E-state index in [1.807, 2.05) is 42.6 Å². The zero-order chi connectivity index (χ0) is 14.7. The first-order chi connectivity index (χ1) is 10.2. The van der Waals surface area contributed by atoms with Crippen LogP contribution in [-0.4, -0.2) is 4.98 Å². The summed E-state index contributed by atoms with van der Waals surface area (Å²) in [6.07, 6.45) is 1.84. The predicted molar refractivity (Wildman–Crippen MR) is 83.4 cm³/mol. The van der Waals surface area contributed by atoms with Crippen LogP contribution in [0.2, 0.25) is 0 Å². The lowest BCUT2D eigenvalue weighted by Crippen LogP contribution is -2.18. The van der Waals surface area contributed by atoms with Crippen molar-refractivity contribution < 1.29 is 4.39 Å². The van der Waals surface area contributed by atoms with Gasteiger partial charge in [-0.1, -0.05) is 30.3 Å². The summed E-state index contributed by atoms with van der Waals surface area (Å²) in [7, 11) is 0. The molecule has 106 valence electrons. The molecular weight excluding hydrogens is 263 g/mol. The zero-order valence-corrected chi connectivity index (χ0v) is 11.9. The molecule has 1 N–H and O–H groups in total. The Labute approximate surface area is 123 Å². The van der Waals surface area contributed by atoms with Crippen molar-refractivity contribution in [3.8, 4) is 0 Å². The predicted octanol–water partition coefficient (Wildman–Crippen LogP) is 4.22. The van der Waals surface area contributed by atoms with Crippen molar-refractivity contribution in [3.05, 3.63) is 77.7 Å². The first-order valence-corrected chi connectivity index (χ1v) is 7.05. The van der Waals surface area contributed by atoms with Crippen LogP contribution in [-0.2, 0) is 6.54 Å². The van der Waals surface area contributed by atoms with Gasteiger partial charge >= 0.3 is 0 Å². The molecule has 1 atom stereocenters. The Morgan fingerprint density at radius 1 is 1.05 bits per heavy atom. The van der Waals surface area contributed by atoms with Gasteiger partial charge in [-0.15, -0.1) is 0 Å². The number of fused-ring (bicyclic) bond motifs is 1. The second-order valence-electron chi connectivity index (χ2n) is 5.14. The van der Waals surface area contributed by atoms with E-state index in [1.165, 1.54) is 23.1 Å². The number of para-hydroxylation sites is 1. The summed E-state index contributed by atoms with van der Waals surface area (Å²) < 4.78 is 12.9. The first-order valence-electron chi connectivity index (χ1n) is 7.05. The number of hydrogen-bond acceptors (Lipinski definition) is 2. The molecule has 0 spiro atoms. The average molecular weight is 280 g/mol. The number of benzene rings is 2. The van der Waals surface area contributed by atoms with Crippen LogP contribution in [0.15, 0.2) is 60.8 Å². The molecule has 21 heavy (non-hydrogen) atoms. The fraction of sp³-hybridized carbons (Fsp3) is 0.167. The fourth-order valence-electron chi connectivity index (χ4n) is 2.44. The van der Waals surface area contributed by atoms with Crippen LogP contribution in [0.25, 0.3) is 10.9 Å². The Balaban J connectivity index is 1.76. The van der Waals surface area contributed by atoms with Gasteiger partial charge < -0.3 is 5.32 Å². The minimum Gasteiger partial charge on any atom is -0.306 e. The molecule has 0 fully saturated rings. The molecule has 0 unspecified atom stereocenters. The summed E-state index contributed by atoms with van der Waals surface area (Å²) in [5.74, 6) is -0.203. The normalized spacial score (nSPS) is 12.5. The Hall–Kier alpha value is -2.26. The molecule has 0 aliphatic rings. The van der Waals surface area contributed by atoms with Gasteiger partial charge in [-0.05, 0) is 42.3 Å². The summed E-state index contributed by atoms with van der Waals surface area (Å²) in [4.78, 5) is 4.37. The Morgan fingerprint density at radius 2 is 1.81 bits per heavy atom. The molecule has 3 heteroatoms.